The minimum atomic E-state index is 0.177. The summed E-state index contributed by atoms with van der Waals surface area (Å²) >= 11 is 0. The fourth-order valence-electron chi connectivity index (χ4n) is 4.04. The normalized spacial score (nSPS) is 25.6. The first-order valence-electron chi connectivity index (χ1n) is 8.83. The minimum Gasteiger partial charge on any atom is -0.496 e. The molecule has 1 aromatic rings. The standard InChI is InChI=1S/C19H28N2O2/c1-23-18-5-3-2-4-15(18)12-14-8-10-21(11-9-14)19(22)16-6-7-17(20)13-16/h2-5,14,16-17H,6-13,20H2,1H3/t16-,17+/m0/s1. The SMILES string of the molecule is COc1ccccc1CC1CCN(C(=O)[C@H]2CC[C@@H](N)C2)CC1. The molecule has 4 nitrogen and oxygen atoms in total. The van der Waals surface area contributed by atoms with Crippen molar-refractivity contribution in [2.45, 2.75) is 44.6 Å². The first kappa shape index (κ1) is 16.3. The van der Waals surface area contributed by atoms with Gasteiger partial charge in [-0.05, 0) is 56.1 Å². The Morgan fingerprint density at radius 1 is 1.22 bits per heavy atom. The Balaban J connectivity index is 1.51. The molecule has 2 N–H and O–H groups in total. The van der Waals surface area contributed by atoms with Gasteiger partial charge in [0, 0.05) is 25.0 Å². The lowest BCUT2D eigenvalue weighted by molar-refractivity contribution is -0.136. The van der Waals surface area contributed by atoms with E-state index in [4.69, 9.17) is 10.5 Å². The number of piperidine rings is 1. The molecule has 1 saturated heterocycles. The van der Waals surface area contributed by atoms with Crippen LogP contribution in [0, 0.1) is 11.8 Å². The second kappa shape index (κ2) is 7.35. The van der Waals surface area contributed by atoms with Crippen molar-refractivity contribution < 1.29 is 9.53 Å². The van der Waals surface area contributed by atoms with E-state index >= 15 is 0 Å². The van der Waals surface area contributed by atoms with Gasteiger partial charge < -0.3 is 15.4 Å². The van der Waals surface area contributed by atoms with E-state index in [1.807, 2.05) is 12.1 Å². The smallest absolute Gasteiger partial charge is 0.225 e. The molecule has 0 aromatic heterocycles. The second-order valence-corrected chi connectivity index (χ2v) is 7.05. The highest BCUT2D eigenvalue weighted by Gasteiger charge is 2.32. The van der Waals surface area contributed by atoms with Gasteiger partial charge in [-0.1, -0.05) is 18.2 Å². The minimum absolute atomic E-state index is 0.177. The Bertz CT molecular complexity index is 538. The molecule has 126 valence electrons. The summed E-state index contributed by atoms with van der Waals surface area (Å²) in [6.07, 6.45) is 6.06. The summed E-state index contributed by atoms with van der Waals surface area (Å²) in [6, 6.07) is 8.48. The molecule has 2 atom stereocenters. The highest BCUT2D eigenvalue weighted by molar-refractivity contribution is 5.79. The number of methoxy groups -OCH3 is 1. The molecule has 0 spiro atoms. The molecule has 1 heterocycles. The van der Waals surface area contributed by atoms with Gasteiger partial charge in [-0.15, -0.1) is 0 Å². The Kier molecular flexibility index (Phi) is 5.21. The lowest BCUT2D eigenvalue weighted by Gasteiger charge is -2.34. The average Bonchev–Trinajstić information content (AvgIpc) is 3.02. The maximum absolute atomic E-state index is 12.6. The van der Waals surface area contributed by atoms with Crippen molar-refractivity contribution in [3.63, 3.8) is 0 Å². The average molecular weight is 316 g/mol. The Hall–Kier alpha value is -1.55. The lowest BCUT2D eigenvalue weighted by Crippen LogP contribution is -2.41. The summed E-state index contributed by atoms with van der Waals surface area (Å²) in [5.41, 5.74) is 7.22. The summed E-state index contributed by atoms with van der Waals surface area (Å²) in [6.45, 7) is 1.79. The number of carbonyl (C=O) groups excluding carboxylic acids is 1. The summed E-state index contributed by atoms with van der Waals surface area (Å²) in [5, 5.41) is 0. The van der Waals surface area contributed by atoms with Gasteiger partial charge in [0.25, 0.3) is 0 Å². The van der Waals surface area contributed by atoms with E-state index in [1.54, 1.807) is 7.11 Å². The molecule has 4 heteroatoms. The largest absolute Gasteiger partial charge is 0.496 e. The van der Waals surface area contributed by atoms with Crippen molar-refractivity contribution in [1.29, 1.82) is 0 Å². The van der Waals surface area contributed by atoms with Crippen LogP contribution >= 0.6 is 0 Å². The number of nitrogens with zero attached hydrogens (tertiary/aromatic N) is 1. The van der Waals surface area contributed by atoms with Crippen molar-refractivity contribution in [1.82, 2.24) is 4.90 Å². The molecule has 0 unspecified atom stereocenters. The number of likely N-dealkylation sites (tertiary alicyclic amines) is 1. The van der Waals surface area contributed by atoms with Gasteiger partial charge >= 0.3 is 0 Å². The molecule has 1 saturated carbocycles. The molecular weight excluding hydrogens is 288 g/mol. The van der Waals surface area contributed by atoms with Crippen LogP contribution in [-0.2, 0) is 11.2 Å². The van der Waals surface area contributed by atoms with Crippen LogP contribution in [0.1, 0.15) is 37.7 Å². The van der Waals surface area contributed by atoms with E-state index in [2.05, 4.69) is 17.0 Å². The van der Waals surface area contributed by atoms with E-state index in [-0.39, 0.29) is 12.0 Å². The highest BCUT2D eigenvalue weighted by Crippen LogP contribution is 2.30. The van der Waals surface area contributed by atoms with Gasteiger partial charge in [-0.3, -0.25) is 4.79 Å². The third kappa shape index (κ3) is 3.86. The molecule has 1 amide bonds. The number of hydrogen-bond acceptors (Lipinski definition) is 3. The van der Waals surface area contributed by atoms with E-state index in [0.29, 0.717) is 11.8 Å². The number of rotatable bonds is 4. The van der Waals surface area contributed by atoms with Gasteiger partial charge in [0.2, 0.25) is 5.91 Å². The monoisotopic (exact) mass is 316 g/mol. The van der Waals surface area contributed by atoms with Crippen LogP contribution in [0.4, 0.5) is 0 Å². The molecule has 0 radical (unpaired) electrons. The highest BCUT2D eigenvalue weighted by atomic mass is 16.5. The predicted octanol–water partition coefficient (Wildman–Crippen LogP) is 2.60. The second-order valence-electron chi connectivity index (χ2n) is 7.05. The maximum Gasteiger partial charge on any atom is 0.225 e. The number of benzene rings is 1. The molecule has 2 aliphatic rings. The van der Waals surface area contributed by atoms with E-state index in [9.17, 15) is 4.79 Å². The zero-order valence-electron chi connectivity index (χ0n) is 14.0. The van der Waals surface area contributed by atoms with Gasteiger partial charge in [0.15, 0.2) is 0 Å². The molecule has 1 aromatic carbocycles. The third-order valence-corrected chi connectivity index (χ3v) is 5.45. The van der Waals surface area contributed by atoms with E-state index in [1.165, 1.54) is 5.56 Å². The number of nitrogens with two attached hydrogens (primary N) is 1. The first-order valence-corrected chi connectivity index (χ1v) is 8.83. The maximum atomic E-state index is 12.6. The number of hydrogen-bond donors (Lipinski definition) is 1. The fourth-order valence-corrected chi connectivity index (χ4v) is 4.04. The summed E-state index contributed by atoms with van der Waals surface area (Å²) in [5.74, 6) is 2.14. The van der Waals surface area contributed by atoms with Crippen LogP contribution in [0.15, 0.2) is 24.3 Å². The molecule has 1 aliphatic carbocycles. The van der Waals surface area contributed by atoms with Crippen LogP contribution < -0.4 is 10.5 Å². The fraction of sp³-hybridized carbons (Fsp3) is 0.632. The van der Waals surface area contributed by atoms with Gasteiger partial charge in [0.05, 0.1) is 7.11 Å². The van der Waals surface area contributed by atoms with Crippen LogP contribution in [0.25, 0.3) is 0 Å². The zero-order valence-corrected chi connectivity index (χ0v) is 14.0. The zero-order chi connectivity index (χ0) is 16.2. The van der Waals surface area contributed by atoms with Gasteiger partial charge in [-0.2, -0.15) is 0 Å². The van der Waals surface area contributed by atoms with Gasteiger partial charge in [0.1, 0.15) is 5.75 Å². The molecule has 0 bridgehead atoms. The van der Waals surface area contributed by atoms with Gasteiger partial charge in [-0.25, -0.2) is 0 Å². The number of carbonyl (C=O) groups is 1. The van der Waals surface area contributed by atoms with Crippen LogP contribution in [0.3, 0.4) is 0 Å². The molecule has 2 fully saturated rings. The van der Waals surface area contributed by atoms with Crippen molar-refractivity contribution in [2.24, 2.45) is 17.6 Å². The quantitative estimate of drug-likeness (QED) is 0.929. The number of para-hydroxylation sites is 1. The molecule has 23 heavy (non-hydrogen) atoms. The molecule has 1 aliphatic heterocycles. The van der Waals surface area contributed by atoms with Crippen LogP contribution in [0.2, 0.25) is 0 Å². The Morgan fingerprint density at radius 2 is 1.96 bits per heavy atom. The topological polar surface area (TPSA) is 55.6 Å². The van der Waals surface area contributed by atoms with E-state index in [0.717, 1.165) is 57.4 Å². The lowest BCUT2D eigenvalue weighted by atomic mass is 9.89. The van der Waals surface area contributed by atoms with E-state index < -0.39 is 0 Å². The van der Waals surface area contributed by atoms with Crippen LogP contribution in [-0.4, -0.2) is 37.0 Å². The number of amides is 1. The van der Waals surface area contributed by atoms with Crippen molar-refractivity contribution in [3.05, 3.63) is 29.8 Å². The third-order valence-electron chi connectivity index (χ3n) is 5.45. The summed E-state index contributed by atoms with van der Waals surface area (Å²) in [7, 11) is 1.73. The Labute approximate surface area is 139 Å². The first-order chi connectivity index (χ1) is 11.2. The molecular formula is C19H28N2O2. The molecule has 3 rings (SSSR count). The van der Waals surface area contributed by atoms with Crippen molar-refractivity contribution >= 4 is 5.91 Å². The number of ether oxygens (including phenoxy) is 1. The summed E-state index contributed by atoms with van der Waals surface area (Å²) < 4.78 is 5.45. The Morgan fingerprint density at radius 3 is 2.61 bits per heavy atom. The van der Waals surface area contributed by atoms with Crippen LogP contribution in [0.5, 0.6) is 5.75 Å². The predicted molar refractivity (Wildman–Crippen MR) is 91.3 cm³/mol. The van der Waals surface area contributed by atoms with Crippen molar-refractivity contribution in [3.8, 4) is 5.75 Å². The summed E-state index contributed by atoms with van der Waals surface area (Å²) in [4.78, 5) is 14.6. The van der Waals surface area contributed by atoms with Crippen molar-refractivity contribution in [2.75, 3.05) is 20.2 Å².